The molecule has 0 amide bonds. The molecule has 3 heteroatoms. The molecular formula is C4H10ClNS. The predicted molar refractivity (Wildman–Crippen MR) is 39.2 cm³/mol. The zero-order valence-corrected chi connectivity index (χ0v) is 6.40. The first-order chi connectivity index (χ1) is 2.64. The van der Waals surface area contributed by atoms with Crippen molar-refractivity contribution in [3.05, 3.63) is 0 Å². The molecule has 0 N–H and O–H groups in total. The van der Waals surface area contributed by atoms with Gasteiger partial charge in [0.25, 0.3) is 0 Å². The highest BCUT2D eigenvalue weighted by molar-refractivity contribution is 7.80. The molecule has 0 fully saturated rings. The molecule has 0 aliphatic carbocycles. The minimum atomic E-state index is 0. The maximum Gasteiger partial charge on any atom is 0.0742 e. The first-order valence-electron chi connectivity index (χ1n) is 1.82. The van der Waals surface area contributed by atoms with Crippen LogP contribution in [0.4, 0.5) is 0 Å². The zero-order chi connectivity index (χ0) is 5.15. The van der Waals surface area contributed by atoms with Gasteiger partial charge in [0.2, 0.25) is 0 Å². The summed E-state index contributed by atoms with van der Waals surface area (Å²) in [6, 6.07) is 0. The molecule has 7 heavy (non-hydrogen) atoms. The van der Waals surface area contributed by atoms with Gasteiger partial charge < -0.3 is 4.90 Å². The van der Waals surface area contributed by atoms with E-state index in [0.29, 0.717) is 0 Å². The molecule has 0 saturated heterocycles. The second-order valence-electron chi connectivity index (χ2n) is 1.41. The van der Waals surface area contributed by atoms with Gasteiger partial charge in [-0.15, -0.1) is 12.4 Å². The van der Waals surface area contributed by atoms with Crippen molar-refractivity contribution in [1.82, 2.24) is 4.90 Å². The molecule has 1 nitrogen and oxygen atoms in total. The molecule has 0 aromatic rings. The Labute approximate surface area is 56.1 Å². The van der Waals surface area contributed by atoms with Gasteiger partial charge in [0, 0.05) is 14.1 Å². The van der Waals surface area contributed by atoms with Crippen LogP contribution in [0.1, 0.15) is 6.92 Å². The molecule has 0 atom stereocenters. The standard InChI is InChI=1S/C4H9NS.ClH/c1-4(6)5(2)3;/h1-3H3;1H. The molecule has 0 radical (unpaired) electrons. The van der Waals surface area contributed by atoms with Crippen molar-refractivity contribution < 1.29 is 0 Å². The fraction of sp³-hybridized carbons (Fsp3) is 0.750. The number of hydrogen-bond donors (Lipinski definition) is 0. The number of nitrogens with zero attached hydrogens (tertiary/aromatic N) is 1. The third-order valence-electron chi connectivity index (χ3n) is 0.630. The van der Waals surface area contributed by atoms with Crippen LogP contribution < -0.4 is 0 Å². The highest BCUT2D eigenvalue weighted by Gasteiger charge is 1.82. The van der Waals surface area contributed by atoms with Gasteiger partial charge in [0.05, 0.1) is 4.99 Å². The van der Waals surface area contributed by atoms with Crippen molar-refractivity contribution in [2.75, 3.05) is 14.1 Å². The van der Waals surface area contributed by atoms with E-state index in [1.54, 1.807) is 0 Å². The summed E-state index contributed by atoms with van der Waals surface area (Å²) in [6.07, 6.45) is 0. The Hall–Kier alpha value is 0.180. The van der Waals surface area contributed by atoms with Crippen LogP contribution in [0.15, 0.2) is 0 Å². The van der Waals surface area contributed by atoms with Gasteiger partial charge in [-0.3, -0.25) is 0 Å². The lowest BCUT2D eigenvalue weighted by molar-refractivity contribution is 0.632. The monoisotopic (exact) mass is 139 g/mol. The molecular weight excluding hydrogens is 130 g/mol. The van der Waals surface area contributed by atoms with Gasteiger partial charge in [-0.05, 0) is 6.92 Å². The van der Waals surface area contributed by atoms with E-state index < -0.39 is 0 Å². The smallest absolute Gasteiger partial charge is 0.0742 e. The minimum absolute atomic E-state index is 0. The highest BCUT2D eigenvalue weighted by Crippen LogP contribution is 1.75. The third kappa shape index (κ3) is 6.18. The Kier molecular flexibility index (Phi) is 6.34. The van der Waals surface area contributed by atoms with Crippen molar-refractivity contribution in [2.45, 2.75) is 6.92 Å². The van der Waals surface area contributed by atoms with E-state index >= 15 is 0 Å². The topological polar surface area (TPSA) is 3.24 Å². The summed E-state index contributed by atoms with van der Waals surface area (Å²) < 4.78 is 0. The van der Waals surface area contributed by atoms with Gasteiger partial charge in [0.15, 0.2) is 0 Å². The van der Waals surface area contributed by atoms with Crippen molar-refractivity contribution in [2.24, 2.45) is 0 Å². The molecule has 0 aromatic carbocycles. The predicted octanol–water partition coefficient (Wildman–Crippen LogP) is 1.32. The summed E-state index contributed by atoms with van der Waals surface area (Å²) in [4.78, 5) is 2.82. The van der Waals surface area contributed by atoms with E-state index in [-0.39, 0.29) is 12.4 Å². The molecule has 0 spiro atoms. The van der Waals surface area contributed by atoms with Gasteiger partial charge >= 0.3 is 0 Å². The van der Waals surface area contributed by atoms with E-state index in [2.05, 4.69) is 0 Å². The van der Waals surface area contributed by atoms with Crippen molar-refractivity contribution in [3.8, 4) is 0 Å². The van der Waals surface area contributed by atoms with Gasteiger partial charge in [-0.25, -0.2) is 0 Å². The fourth-order valence-corrected chi connectivity index (χ4v) is 0. The summed E-state index contributed by atoms with van der Waals surface area (Å²) in [5, 5.41) is 0. The number of hydrogen-bond acceptors (Lipinski definition) is 1. The van der Waals surface area contributed by atoms with Crippen LogP contribution in [-0.2, 0) is 0 Å². The SMILES string of the molecule is CC(=S)N(C)C.Cl. The van der Waals surface area contributed by atoms with Crippen LogP contribution in [0.25, 0.3) is 0 Å². The molecule has 44 valence electrons. The Morgan fingerprint density at radius 1 is 1.43 bits per heavy atom. The lowest BCUT2D eigenvalue weighted by Gasteiger charge is -2.06. The van der Waals surface area contributed by atoms with E-state index in [9.17, 15) is 0 Å². The Bertz CT molecular complexity index is 62.7. The summed E-state index contributed by atoms with van der Waals surface area (Å²) in [7, 11) is 3.87. The normalized spacial score (nSPS) is 6.71. The summed E-state index contributed by atoms with van der Waals surface area (Å²) in [6.45, 7) is 1.90. The largest absolute Gasteiger partial charge is 0.373 e. The van der Waals surface area contributed by atoms with Crippen molar-refractivity contribution in [3.63, 3.8) is 0 Å². The van der Waals surface area contributed by atoms with E-state index in [1.807, 2.05) is 25.9 Å². The molecule has 0 unspecified atom stereocenters. The average Bonchev–Trinajstić information content (AvgIpc) is 1.36. The molecule has 0 aliphatic rings. The van der Waals surface area contributed by atoms with Crippen LogP contribution in [-0.4, -0.2) is 24.0 Å². The molecule has 0 aliphatic heterocycles. The zero-order valence-electron chi connectivity index (χ0n) is 4.76. The third-order valence-corrected chi connectivity index (χ3v) is 0.995. The number of rotatable bonds is 0. The summed E-state index contributed by atoms with van der Waals surface area (Å²) in [5.74, 6) is 0. The Morgan fingerprint density at radius 3 is 1.57 bits per heavy atom. The summed E-state index contributed by atoms with van der Waals surface area (Å²) >= 11 is 4.75. The Balaban J connectivity index is 0. The lowest BCUT2D eigenvalue weighted by Crippen LogP contribution is -2.15. The highest BCUT2D eigenvalue weighted by atomic mass is 35.5. The van der Waals surface area contributed by atoms with Crippen LogP contribution in [0.3, 0.4) is 0 Å². The van der Waals surface area contributed by atoms with Crippen LogP contribution in [0, 0.1) is 0 Å². The molecule has 0 aromatic heterocycles. The quantitative estimate of drug-likeness (QED) is 0.466. The van der Waals surface area contributed by atoms with Gasteiger partial charge in [-0.2, -0.15) is 0 Å². The van der Waals surface area contributed by atoms with Gasteiger partial charge in [-0.1, -0.05) is 12.2 Å². The van der Waals surface area contributed by atoms with Crippen molar-refractivity contribution in [1.29, 1.82) is 0 Å². The van der Waals surface area contributed by atoms with E-state index in [0.717, 1.165) is 4.99 Å². The second kappa shape index (κ2) is 4.34. The number of thiocarbonyl (C=S) groups is 1. The van der Waals surface area contributed by atoms with Crippen molar-refractivity contribution >= 4 is 29.6 Å². The van der Waals surface area contributed by atoms with Crippen LogP contribution in [0.5, 0.6) is 0 Å². The molecule has 0 heterocycles. The maximum atomic E-state index is 4.75. The molecule has 0 bridgehead atoms. The van der Waals surface area contributed by atoms with Crippen LogP contribution in [0.2, 0.25) is 0 Å². The maximum absolute atomic E-state index is 4.75. The summed E-state index contributed by atoms with van der Waals surface area (Å²) in [5.41, 5.74) is 0. The van der Waals surface area contributed by atoms with E-state index in [1.165, 1.54) is 0 Å². The van der Waals surface area contributed by atoms with E-state index in [4.69, 9.17) is 12.2 Å². The first kappa shape index (κ1) is 10.2. The minimum Gasteiger partial charge on any atom is -0.373 e. The second-order valence-corrected chi connectivity index (χ2v) is 2.00. The van der Waals surface area contributed by atoms with Crippen LogP contribution >= 0.6 is 24.6 Å². The first-order valence-corrected chi connectivity index (χ1v) is 2.23. The molecule has 0 rings (SSSR count). The van der Waals surface area contributed by atoms with Gasteiger partial charge in [0.1, 0.15) is 0 Å². The average molecular weight is 140 g/mol. The fourth-order valence-electron chi connectivity index (χ4n) is 0. The number of halogens is 1. The Morgan fingerprint density at radius 2 is 1.57 bits per heavy atom. The molecule has 0 saturated carbocycles. The lowest BCUT2D eigenvalue weighted by atomic mass is 10.7.